The summed E-state index contributed by atoms with van der Waals surface area (Å²) in [4.78, 5) is 24.7. The maximum Gasteiger partial charge on any atom is 0.248 e. The maximum absolute atomic E-state index is 11.6. The Morgan fingerprint density at radius 1 is 1.50 bits per heavy atom. The molecule has 6 nitrogen and oxygen atoms in total. The number of amides is 2. The topological polar surface area (TPSA) is 101 Å². The number of benzene rings is 1. The van der Waals surface area contributed by atoms with Crippen molar-refractivity contribution in [2.45, 2.75) is 13.0 Å². The van der Waals surface area contributed by atoms with Gasteiger partial charge in [0.15, 0.2) is 0 Å². The van der Waals surface area contributed by atoms with E-state index in [1.54, 1.807) is 25.1 Å². The molecule has 2 rings (SSSR count). The standard InChI is InChI=1S/C12H16N4O2/c1-7-12(18)15-4-5-16(7)10-6-8(11(14)17)2-3-9(10)13/h2-3,6-7H,4-5,13H2,1H3,(H2,14,17)(H,15,18). The largest absolute Gasteiger partial charge is 0.397 e. The predicted molar refractivity (Wildman–Crippen MR) is 69.2 cm³/mol. The van der Waals surface area contributed by atoms with Gasteiger partial charge in [-0.3, -0.25) is 9.59 Å². The van der Waals surface area contributed by atoms with Gasteiger partial charge in [-0.25, -0.2) is 0 Å². The molecule has 0 aromatic heterocycles. The molecule has 1 aliphatic heterocycles. The van der Waals surface area contributed by atoms with Crippen LogP contribution in [0.1, 0.15) is 17.3 Å². The third-order valence-electron chi connectivity index (χ3n) is 3.12. The first-order valence-electron chi connectivity index (χ1n) is 5.74. The number of rotatable bonds is 2. The van der Waals surface area contributed by atoms with E-state index in [0.717, 1.165) is 0 Å². The van der Waals surface area contributed by atoms with Crippen LogP contribution in [0.3, 0.4) is 0 Å². The minimum Gasteiger partial charge on any atom is -0.397 e. The zero-order chi connectivity index (χ0) is 13.3. The van der Waals surface area contributed by atoms with Gasteiger partial charge in [0, 0.05) is 18.7 Å². The SMILES string of the molecule is CC1C(=O)NCCN1c1cc(C(N)=O)ccc1N. The fraction of sp³-hybridized carbons (Fsp3) is 0.333. The smallest absolute Gasteiger partial charge is 0.248 e. The highest BCUT2D eigenvalue weighted by Crippen LogP contribution is 2.27. The molecular weight excluding hydrogens is 232 g/mol. The Bertz CT molecular complexity index is 501. The molecule has 1 heterocycles. The van der Waals surface area contributed by atoms with E-state index in [4.69, 9.17) is 11.5 Å². The summed E-state index contributed by atoms with van der Waals surface area (Å²) in [6.07, 6.45) is 0. The number of piperazine rings is 1. The Morgan fingerprint density at radius 2 is 2.22 bits per heavy atom. The van der Waals surface area contributed by atoms with Gasteiger partial charge in [-0.2, -0.15) is 0 Å². The molecule has 0 bridgehead atoms. The number of carbonyl (C=O) groups is 2. The van der Waals surface area contributed by atoms with E-state index in [1.807, 2.05) is 4.90 Å². The van der Waals surface area contributed by atoms with Crippen LogP contribution in [0.2, 0.25) is 0 Å². The van der Waals surface area contributed by atoms with Crippen LogP contribution in [0.4, 0.5) is 11.4 Å². The Balaban J connectivity index is 2.40. The molecule has 0 saturated carbocycles. The Hall–Kier alpha value is -2.24. The van der Waals surface area contributed by atoms with E-state index in [2.05, 4.69) is 5.32 Å². The third-order valence-corrected chi connectivity index (χ3v) is 3.12. The number of hydrogen-bond acceptors (Lipinski definition) is 4. The summed E-state index contributed by atoms with van der Waals surface area (Å²) in [7, 11) is 0. The summed E-state index contributed by atoms with van der Waals surface area (Å²) in [5, 5.41) is 2.78. The van der Waals surface area contributed by atoms with E-state index in [9.17, 15) is 9.59 Å². The van der Waals surface area contributed by atoms with E-state index in [1.165, 1.54) is 0 Å². The molecule has 5 N–H and O–H groups in total. The second-order valence-corrected chi connectivity index (χ2v) is 4.30. The van der Waals surface area contributed by atoms with Crippen molar-refractivity contribution in [3.05, 3.63) is 23.8 Å². The number of nitrogens with two attached hydrogens (primary N) is 2. The van der Waals surface area contributed by atoms with Crippen LogP contribution in [0.5, 0.6) is 0 Å². The van der Waals surface area contributed by atoms with Crippen molar-refractivity contribution in [3.8, 4) is 0 Å². The van der Waals surface area contributed by atoms with E-state index in [0.29, 0.717) is 30.0 Å². The Labute approximate surface area is 105 Å². The zero-order valence-electron chi connectivity index (χ0n) is 10.1. The molecule has 1 saturated heterocycles. The highest BCUT2D eigenvalue weighted by atomic mass is 16.2. The molecule has 1 aliphatic rings. The molecule has 0 aliphatic carbocycles. The maximum atomic E-state index is 11.6. The van der Waals surface area contributed by atoms with Crippen molar-refractivity contribution in [3.63, 3.8) is 0 Å². The number of primary amides is 1. The van der Waals surface area contributed by atoms with E-state index in [-0.39, 0.29) is 11.9 Å². The number of carbonyl (C=O) groups excluding carboxylic acids is 2. The number of nitrogen functional groups attached to an aromatic ring is 1. The van der Waals surface area contributed by atoms with Crippen molar-refractivity contribution in [2.24, 2.45) is 5.73 Å². The highest BCUT2D eigenvalue weighted by molar-refractivity contribution is 5.96. The van der Waals surface area contributed by atoms with Gasteiger partial charge in [-0.15, -0.1) is 0 Å². The summed E-state index contributed by atoms with van der Waals surface area (Å²) >= 11 is 0. The van der Waals surface area contributed by atoms with Crippen LogP contribution in [0.25, 0.3) is 0 Å². The average Bonchev–Trinajstić information content (AvgIpc) is 2.33. The highest BCUT2D eigenvalue weighted by Gasteiger charge is 2.27. The lowest BCUT2D eigenvalue weighted by molar-refractivity contribution is -0.122. The molecule has 1 aromatic rings. The van der Waals surface area contributed by atoms with Gasteiger partial charge in [0.25, 0.3) is 0 Å². The second-order valence-electron chi connectivity index (χ2n) is 4.30. The number of hydrogen-bond donors (Lipinski definition) is 3. The zero-order valence-corrected chi connectivity index (χ0v) is 10.1. The minimum atomic E-state index is -0.509. The molecule has 18 heavy (non-hydrogen) atoms. The van der Waals surface area contributed by atoms with E-state index >= 15 is 0 Å². The molecule has 1 unspecified atom stereocenters. The molecule has 1 aromatic carbocycles. The quantitative estimate of drug-likeness (QED) is 0.625. The van der Waals surface area contributed by atoms with Gasteiger partial charge >= 0.3 is 0 Å². The first-order valence-corrected chi connectivity index (χ1v) is 5.74. The molecular formula is C12H16N4O2. The van der Waals surface area contributed by atoms with Gasteiger partial charge in [-0.05, 0) is 25.1 Å². The Morgan fingerprint density at radius 3 is 2.89 bits per heavy atom. The number of nitrogens with one attached hydrogen (secondary N) is 1. The predicted octanol–water partition coefficient (Wildman–Crippen LogP) is -0.308. The third kappa shape index (κ3) is 2.09. The molecule has 96 valence electrons. The minimum absolute atomic E-state index is 0.0508. The Kier molecular flexibility index (Phi) is 3.10. The van der Waals surface area contributed by atoms with Gasteiger partial charge < -0.3 is 21.7 Å². The first kappa shape index (κ1) is 12.2. The van der Waals surface area contributed by atoms with E-state index < -0.39 is 5.91 Å². The van der Waals surface area contributed by atoms with Gasteiger partial charge in [0.2, 0.25) is 11.8 Å². The van der Waals surface area contributed by atoms with Gasteiger partial charge in [0.05, 0.1) is 11.4 Å². The lowest BCUT2D eigenvalue weighted by Crippen LogP contribution is -2.54. The van der Waals surface area contributed by atoms with Crippen molar-refractivity contribution >= 4 is 23.2 Å². The molecule has 6 heteroatoms. The van der Waals surface area contributed by atoms with Crippen LogP contribution in [0, 0.1) is 0 Å². The fourth-order valence-corrected chi connectivity index (χ4v) is 2.06. The lowest BCUT2D eigenvalue weighted by atomic mass is 10.1. The second kappa shape index (κ2) is 4.56. The van der Waals surface area contributed by atoms with Gasteiger partial charge in [-0.1, -0.05) is 0 Å². The van der Waals surface area contributed by atoms with Crippen molar-refractivity contribution in [2.75, 3.05) is 23.7 Å². The van der Waals surface area contributed by atoms with Crippen LogP contribution in [-0.4, -0.2) is 30.9 Å². The van der Waals surface area contributed by atoms with Crippen molar-refractivity contribution < 1.29 is 9.59 Å². The first-order chi connectivity index (χ1) is 8.50. The van der Waals surface area contributed by atoms with Crippen molar-refractivity contribution in [1.29, 1.82) is 0 Å². The van der Waals surface area contributed by atoms with Crippen LogP contribution < -0.4 is 21.7 Å². The number of nitrogens with zero attached hydrogens (tertiary/aromatic N) is 1. The lowest BCUT2D eigenvalue weighted by Gasteiger charge is -2.35. The van der Waals surface area contributed by atoms with Crippen LogP contribution >= 0.6 is 0 Å². The van der Waals surface area contributed by atoms with Crippen LogP contribution in [0.15, 0.2) is 18.2 Å². The fourth-order valence-electron chi connectivity index (χ4n) is 2.06. The average molecular weight is 248 g/mol. The van der Waals surface area contributed by atoms with Gasteiger partial charge in [0.1, 0.15) is 6.04 Å². The van der Waals surface area contributed by atoms with Crippen molar-refractivity contribution in [1.82, 2.24) is 5.32 Å². The molecule has 2 amide bonds. The summed E-state index contributed by atoms with van der Waals surface area (Å²) in [6, 6.07) is 4.53. The molecule has 0 spiro atoms. The molecule has 0 radical (unpaired) electrons. The molecule has 1 atom stereocenters. The normalized spacial score (nSPS) is 19.5. The summed E-state index contributed by atoms with van der Waals surface area (Å²) in [5.41, 5.74) is 12.7. The summed E-state index contributed by atoms with van der Waals surface area (Å²) < 4.78 is 0. The molecule has 1 fully saturated rings. The summed E-state index contributed by atoms with van der Waals surface area (Å²) in [5.74, 6) is -0.560. The number of anilines is 2. The monoisotopic (exact) mass is 248 g/mol. The summed E-state index contributed by atoms with van der Waals surface area (Å²) in [6.45, 7) is 3.01. The van der Waals surface area contributed by atoms with Crippen LogP contribution in [-0.2, 0) is 4.79 Å².